The minimum atomic E-state index is -0.449. The van der Waals surface area contributed by atoms with Crippen LogP contribution in [0.4, 0.5) is 0 Å². The summed E-state index contributed by atoms with van der Waals surface area (Å²) >= 11 is 5.55. The Morgan fingerprint density at radius 3 is 3.12 bits per heavy atom. The molecule has 17 heavy (non-hydrogen) atoms. The first-order chi connectivity index (χ1) is 8.22. The molecule has 3 nitrogen and oxygen atoms in total. The van der Waals surface area contributed by atoms with Crippen LogP contribution in [0.15, 0.2) is 22.7 Å². The fraction of sp³-hybridized carbons (Fsp3) is 0.455. The van der Waals surface area contributed by atoms with E-state index in [0.29, 0.717) is 19.8 Å². The molecule has 0 bridgehead atoms. The molecule has 0 saturated carbocycles. The second-order valence-corrected chi connectivity index (χ2v) is 6.41. The summed E-state index contributed by atoms with van der Waals surface area (Å²) in [6, 6.07) is 6.07. The Morgan fingerprint density at radius 2 is 2.41 bits per heavy atom. The largest absolute Gasteiger partial charge is 0.395 e. The molecule has 0 amide bonds. The van der Waals surface area contributed by atoms with Crippen molar-refractivity contribution in [1.29, 1.82) is 0 Å². The Kier molecular flexibility index (Phi) is 5.14. The number of hydrogen-bond donors (Lipinski definition) is 1. The standard InChI is InChI=1S/C11H12BrIO3S/c12-9-2-1-8-4-15-6-11(5-14,7-16-17-13)10(8)3-9/h1-3,14H,4-7H2. The summed E-state index contributed by atoms with van der Waals surface area (Å²) in [6.45, 7) is 1.56. The first kappa shape index (κ1) is 14.1. The van der Waals surface area contributed by atoms with E-state index >= 15 is 0 Å². The number of halogens is 2. The number of aliphatic hydroxyl groups is 1. The number of fused-ring (bicyclic) bond motifs is 1. The van der Waals surface area contributed by atoms with Gasteiger partial charge in [-0.15, -0.1) is 0 Å². The van der Waals surface area contributed by atoms with Crippen molar-refractivity contribution in [1.82, 2.24) is 0 Å². The normalized spacial score (nSPS) is 23.5. The molecular weight excluding hydrogens is 419 g/mol. The predicted molar refractivity (Wildman–Crippen MR) is 80.1 cm³/mol. The zero-order chi connectivity index (χ0) is 12.3. The molecule has 1 aromatic carbocycles. The summed E-state index contributed by atoms with van der Waals surface area (Å²) in [6.07, 6.45) is 0. The van der Waals surface area contributed by atoms with E-state index in [0.717, 1.165) is 15.6 Å². The van der Waals surface area contributed by atoms with Crippen LogP contribution in [0.5, 0.6) is 0 Å². The zero-order valence-corrected chi connectivity index (χ0v) is 13.5. The van der Waals surface area contributed by atoms with E-state index in [1.165, 1.54) is 9.21 Å². The van der Waals surface area contributed by atoms with E-state index in [-0.39, 0.29) is 6.61 Å². The Hall–Kier alpha value is 0.660. The van der Waals surface area contributed by atoms with Gasteiger partial charge in [-0.05, 0) is 23.3 Å². The molecular formula is C11H12BrIO3S. The molecule has 0 spiro atoms. The van der Waals surface area contributed by atoms with Gasteiger partial charge in [-0.25, -0.2) is 0 Å². The Morgan fingerprint density at radius 1 is 1.59 bits per heavy atom. The van der Waals surface area contributed by atoms with Gasteiger partial charge in [0.1, 0.15) is 0 Å². The lowest BCUT2D eigenvalue weighted by Gasteiger charge is -2.36. The minimum absolute atomic E-state index is 0.0215. The van der Waals surface area contributed by atoms with Gasteiger partial charge < -0.3 is 14.0 Å². The molecule has 1 heterocycles. The first-order valence-electron chi connectivity index (χ1n) is 5.09. The smallest absolute Gasteiger partial charge is 0.0764 e. The fourth-order valence-electron chi connectivity index (χ4n) is 2.03. The van der Waals surface area contributed by atoms with Crippen molar-refractivity contribution in [3.8, 4) is 0 Å². The zero-order valence-electron chi connectivity index (χ0n) is 8.99. The van der Waals surface area contributed by atoms with E-state index < -0.39 is 5.41 Å². The number of benzene rings is 1. The number of hydrogen-bond acceptors (Lipinski definition) is 4. The minimum Gasteiger partial charge on any atom is -0.395 e. The van der Waals surface area contributed by atoms with Crippen molar-refractivity contribution >= 4 is 46.3 Å². The summed E-state index contributed by atoms with van der Waals surface area (Å²) < 4.78 is 12.0. The van der Waals surface area contributed by atoms with Gasteiger partial charge in [0.05, 0.1) is 41.1 Å². The lowest BCUT2D eigenvalue weighted by atomic mass is 9.79. The van der Waals surface area contributed by atoms with Gasteiger partial charge in [0.2, 0.25) is 0 Å². The van der Waals surface area contributed by atoms with E-state index in [2.05, 4.69) is 43.2 Å². The summed E-state index contributed by atoms with van der Waals surface area (Å²) in [7, 11) is 1.28. The molecule has 0 aliphatic carbocycles. The molecule has 1 aromatic rings. The van der Waals surface area contributed by atoms with Crippen LogP contribution in [-0.4, -0.2) is 24.9 Å². The van der Waals surface area contributed by atoms with Crippen LogP contribution in [0.1, 0.15) is 11.1 Å². The lowest BCUT2D eigenvalue weighted by Crippen LogP contribution is -2.43. The maximum absolute atomic E-state index is 9.72. The van der Waals surface area contributed by atoms with Gasteiger partial charge >= 0.3 is 0 Å². The second-order valence-electron chi connectivity index (χ2n) is 4.06. The molecule has 0 radical (unpaired) electrons. The van der Waals surface area contributed by atoms with Crippen molar-refractivity contribution < 1.29 is 14.0 Å². The number of aliphatic hydroxyl groups excluding tert-OH is 1. The molecule has 6 heteroatoms. The van der Waals surface area contributed by atoms with Crippen LogP contribution in [-0.2, 0) is 20.9 Å². The van der Waals surface area contributed by atoms with Crippen LogP contribution in [0.3, 0.4) is 0 Å². The first-order valence-corrected chi connectivity index (χ1v) is 9.17. The number of ether oxygens (including phenoxy) is 1. The van der Waals surface area contributed by atoms with Gasteiger partial charge in [-0.3, -0.25) is 0 Å². The monoisotopic (exact) mass is 430 g/mol. The van der Waals surface area contributed by atoms with Gasteiger partial charge in [-0.2, -0.15) is 0 Å². The fourth-order valence-corrected chi connectivity index (χ4v) is 3.05. The molecule has 0 fully saturated rings. The third-order valence-corrected chi connectivity index (χ3v) is 4.42. The van der Waals surface area contributed by atoms with Gasteiger partial charge in [-0.1, -0.05) is 22.0 Å². The van der Waals surface area contributed by atoms with Gasteiger partial charge in [0.25, 0.3) is 0 Å². The van der Waals surface area contributed by atoms with Crippen molar-refractivity contribution in [2.24, 2.45) is 0 Å². The quantitative estimate of drug-likeness (QED) is 0.588. The SMILES string of the molecule is OCC1(COSI)COCc2ccc(Br)cc21. The molecule has 94 valence electrons. The van der Waals surface area contributed by atoms with E-state index in [9.17, 15) is 5.11 Å². The van der Waals surface area contributed by atoms with Crippen molar-refractivity contribution in [2.75, 3.05) is 19.8 Å². The number of rotatable bonds is 4. The highest BCUT2D eigenvalue weighted by Crippen LogP contribution is 2.35. The molecule has 0 aromatic heterocycles. The molecule has 1 unspecified atom stereocenters. The highest BCUT2D eigenvalue weighted by atomic mass is 127. The topological polar surface area (TPSA) is 38.7 Å². The van der Waals surface area contributed by atoms with E-state index in [1.54, 1.807) is 0 Å². The summed E-state index contributed by atoms with van der Waals surface area (Å²) in [4.78, 5) is 0. The van der Waals surface area contributed by atoms with Crippen molar-refractivity contribution in [3.05, 3.63) is 33.8 Å². The highest BCUT2D eigenvalue weighted by Gasteiger charge is 2.37. The van der Waals surface area contributed by atoms with E-state index in [1.807, 2.05) is 12.1 Å². The van der Waals surface area contributed by atoms with Gasteiger partial charge in [0.15, 0.2) is 0 Å². The molecule has 1 aliphatic heterocycles. The van der Waals surface area contributed by atoms with Crippen LogP contribution in [0.25, 0.3) is 0 Å². The summed E-state index contributed by atoms with van der Waals surface area (Å²) in [5, 5.41) is 9.72. The molecule has 1 aliphatic rings. The second kappa shape index (κ2) is 6.21. The van der Waals surface area contributed by atoms with Gasteiger partial charge in [0, 0.05) is 25.7 Å². The predicted octanol–water partition coefficient (Wildman–Crippen LogP) is 3.22. The maximum atomic E-state index is 9.72. The molecule has 1 N–H and O–H groups in total. The third kappa shape index (κ3) is 2.98. The van der Waals surface area contributed by atoms with Crippen LogP contribution < -0.4 is 0 Å². The van der Waals surface area contributed by atoms with Crippen molar-refractivity contribution in [3.63, 3.8) is 0 Å². The van der Waals surface area contributed by atoms with Crippen molar-refractivity contribution in [2.45, 2.75) is 12.0 Å². The summed E-state index contributed by atoms with van der Waals surface area (Å²) in [5.74, 6) is 0. The van der Waals surface area contributed by atoms with Crippen LogP contribution in [0, 0.1) is 0 Å². The lowest BCUT2D eigenvalue weighted by molar-refractivity contribution is 0.00560. The average Bonchev–Trinajstić information content (AvgIpc) is 2.36. The Labute approximate surface area is 125 Å². The summed E-state index contributed by atoms with van der Waals surface area (Å²) in [5.41, 5.74) is 1.79. The molecule has 1 atom stereocenters. The maximum Gasteiger partial charge on any atom is 0.0764 e. The van der Waals surface area contributed by atoms with Crippen LogP contribution >= 0.6 is 46.3 Å². The molecule has 0 saturated heterocycles. The highest BCUT2D eigenvalue weighted by molar-refractivity contribution is 14.2. The average molecular weight is 431 g/mol. The van der Waals surface area contributed by atoms with E-state index in [4.69, 9.17) is 8.92 Å². The third-order valence-electron chi connectivity index (χ3n) is 2.96. The van der Waals surface area contributed by atoms with Crippen LogP contribution in [0.2, 0.25) is 0 Å². The molecule has 2 rings (SSSR count). The Balaban J connectivity index is 2.39. The Bertz CT molecular complexity index is 404.